The predicted octanol–water partition coefficient (Wildman–Crippen LogP) is 4.14. The molecular formula is C22H19ClN6O2S2. The molecule has 4 aromatic rings. The van der Waals surface area contributed by atoms with Crippen LogP contribution in [0.4, 0.5) is 5.13 Å². The van der Waals surface area contributed by atoms with Gasteiger partial charge in [0.2, 0.25) is 11.8 Å². The summed E-state index contributed by atoms with van der Waals surface area (Å²) in [5.74, 6) is 0.280. The van der Waals surface area contributed by atoms with Crippen LogP contribution < -0.4 is 10.6 Å². The van der Waals surface area contributed by atoms with E-state index in [1.54, 1.807) is 23.8 Å². The number of carbonyl (C=O) groups excluding carboxylic acids is 2. The van der Waals surface area contributed by atoms with Gasteiger partial charge >= 0.3 is 0 Å². The summed E-state index contributed by atoms with van der Waals surface area (Å²) in [5, 5.41) is 15.5. The summed E-state index contributed by atoms with van der Waals surface area (Å²) >= 11 is 8.77. The van der Waals surface area contributed by atoms with E-state index in [0.29, 0.717) is 21.1 Å². The standard InChI is InChI=1S/C22H19ClN6O2S2/c1-29-18(12-24-19(30)11-10-14-6-2-3-7-15(14)23)27-28-22(29)32-13-20(31)26-21-25-16-8-4-5-9-17(16)33-21/h2-11H,12-13H2,1H3,(H,24,30)(H,25,26,31)/b11-10+. The van der Waals surface area contributed by atoms with Crippen LogP contribution >= 0.6 is 34.7 Å². The lowest BCUT2D eigenvalue weighted by molar-refractivity contribution is -0.116. The molecule has 0 aliphatic carbocycles. The zero-order valence-corrected chi connectivity index (χ0v) is 19.9. The molecule has 0 saturated heterocycles. The number of hydrogen-bond donors (Lipinski definition) is 2. The van der Waals surface area contributed by atoms with Crippen LogP contribution in [-0.4, -0.2) is 37.3 Å². The number of para-hydroxylation sites is 1. The highest BCUT2D eigenvalue weighted by molar-refractivity contribution is 7.99. The van der Waals surface area contributed by atoms with Crippen molar-refractivity contribution in [2.75, 3.05) is 11.1 Å². The average Bonchev–Trinajstić information content (AvgIpc) is 3.38. The summed E-state index contributed by atoms with van der Waals surface area (Å²) in [6.07, 6.45) is 3.07. The molecule has 2 amide bonds. The number of fused-ring (bicyclic) bond motifs is 1. The molecule has 11 heteroatoms. The van der Waals surface area contributed by atoms with Gasteiger partial charge < -0.3 is 15.2 Å². The van der Waals surface area contributed by atoms with Crippen molar-refractivity contribution in [1.82, 2.24) is 25.1 Å². The average molecular weight is 499 g/mol. The molecular weight excluding hydrogens is 480 g/mol. The third-order valence-electron chi connectivity index (χ3n) is 4.54. The fourth-order valence-corrected chi connectivity index (χ4v) is 4.65. The molecule has 4 rings (SSSR count). The summed E-state index contributed by atoms with van der Waals surface area (Å²) in [5.41, 5.74) is 1.61. The van der Waals surface area contributed by atoms with Crippen molar-refractivity contribution in [3.63, 3.8) is 0 Å². The topological polar surface area (TPSA) is 102 Å². The lowest BCUT2D eigenvalue weighted by atomic mass is 10.2. The minimum Gasteiger partial charge on any atom is -0.345 e. The third kappa shape index (κ3) is 5.98. The highest BCUT2D eigenvalue weighted by Gasteiger charge is 2.13. The number of benzene rings is 2. The third-order valence-corrected chi connectivity index (χ3v) is 6.85. The number of rotatable bonds is 8. The molecule has 2 heterocycles. The Morgan fingerprint density at radius 1 is 1.15 bits per heavy atom. The molecule has 0 radical (unpaired) electrons. The van der Waals surface area contributed by atoms with Crippen LogP contribution in [-0.2, 0) is 23.2 Å². The molecule has 0 aliphatic rings. The van der Waals surface area contributed by atoms with E-state index >= 15 is 0 Å². The van der Waals surface area contributed by atoms with Crippen molar-refractivity contribution in [3.8, 4) is 0 Å². The number of hydrogen-bond acceptors (Lipinski definition) is 7. The number of aromatic nitrogens is 4. The van der Waals surface area contributed by atoms with E-state index in [1.165, 1.54) is 29.2 Å². The lowest BCUT2D eigenvalue weighted by Gasteiger charge is -2.05. The molecule has 0 bridgehead atoms. The largest absolute Gasteiger partial charge is 0.345 e. The number of nitrogens with one attached hydrogen (secondary N) is 2. The number of thioether (sulfide) groups is 1. The molecule has 0 saturated carbocycles. The van der Waals surface area contributed by atoms with Gasteiger partial charge in [0.1, 0.15) is 0 Å². The van der Waals surface area contributed by atoms with Crippen LogP contribution in [0.2, 0.25) is 5.02 Å². The highest BCUT2D eigenvalue weighted by atomic mass is 35.5. The molecule has 168 valence electrons. The fourth-order valence-electron chi connectivity index (χ4n) is 2.84. The van der Waals surface area contributed by atoms with E-state index < -0.39 is 0 Å². The minimum absolute atomic E-state index is 0.162. The number of halogens is 1. The number of anilines is 1. The first-order chi connectivity index (χ1) is 16.0. The second-order valence-electron chi connectivity index (χ2n) is 6.85. The van der Waals surface area contributed by atoms with Crippen LogP contribution in [0, 0.1) is 0 Å². The van der Waals surface area contributed by atoms with Crippen molar-refractivity contribution >= 4 is 67.9 Å². The van der Waals surface area contributed by atoms with E-state index in [2.05, 4.69) is 25.8 Å². The summed E-state index contributed by atoms with van der Waals surface area (Å²) in [7, 11) is 1.79. The van der Waals surface area contributed by atoms with E-state index in [4.69, 9.17) is 11.6 Å². The van der Waals surface area contributed by atoms with Crippen molar-refractivity contribution in [1.29, 1.82) is 0 Å². The molecule has 0 fully saturated rings. The molecule has 0 spiro atoms. The first-order valence-electron chi connectivity index (χ1n) is 9.86. The highest BCUT2D eigenvalue weighted by Crippen LogP contribution is 2.25. The Bertz CT molecular complexity index is 1300. The fraction of sp³-hybridized carbons (Fsp3) is 0.136. The molecule has 2 aromatic heterocycles. The summed E-state index contributed by atoms with van der Waals surface area (Å²) < 4.78 is 2.76. The zero-order valence-electron chi connectivity index (χ0n) is 17.5. The van der Waals surface area contributed by atoms with Gasteiger partial charge in [0, 0.05) is 18.1 Å². The SMILES string of the molecule is Cn1c(CNC(=O)/C=C/c2ccccc2Cl)nnc1SCC(=O)Nc1nc2ccccc2s1. The normalized spacial score (nSPS) is 11.2. The van der Waals surface area contributed by atoms with E-state index in [0.717, 1.165) is 15.8 Å². The predicted molar refractivity (Wildman–Crippen MR) is 132 cm³/mol. The van der Waals surface area contributed by atoms with Crippen LogP contribution in [0.1, 0.15) is 11.4 Å². The van der Waals surface area contributed by atoms with Crippen molar-refractivity contribution in [3.05, 3.63) is 71.0 Å². The number of thiazole rings is 1. The maximum absolute atomic E-state index is 12.3. The maximum Gasteiger partial charge on any atom is 0.244 e. The van der Waals surface area contributed by atoms with Crippen molar-refractivity contribution < 1.29 is 9.59 Å². The van der Waals surface area contributed by atoms with Gasteiger partial charge in [-0.2, -0.15) is 0 Å². The van der Waals surface area contributed by atoms with Crippen molar-refractivity contribution in [2.24, 2.45) is 7.05 Å². The molecule has 8 nitrogen and oxygen atoms in total. The quantitative estimate of drug-likeness (QED) is 0.279. The second kappa shape index (κ2) is 10.6. The minimum atomic E-state index is -0.276. The Kier molecular flexibility index (Phi) is 7.38. The first kappa shape index (κ1) is 23.0. The van der Waals surface area contributed by atoms with Gasteiger partial charge in [-0.05, 0) is 29.8 Å². The number of amides is 2. The van der Waals surface area contributed by atoms with Crippen molar-refractivity contribution in [2.45, 2.75) is 11.7 Å². The number of carbonyl (C=O) groups is 2. The smallest absolute Gasteiger partial charge is 0.244 e. The Balaban J connectivity index is 1.27. The Morgan fingerprint density at radius 2 is 1.94 bits per heavy atom. The molecule has 2 aromatic carbocycles. The van der Waals surface area contributed by atoms with Gasteiger partial charge in [0.25, 0.3) is 0 Å². The van der Waals surface area contributed by atoms with E-state index in [9.17, 15) is 9.59 Å². The van der Waals surface area contributed by atoms with Crippen LogP contribution in [0.3, 0.4) is 0 Å². The monoisotopic (exact) mass is 498 g/mol. The van der Waals surface area contributed by atoms with Gasteiger partial charge in [0.15, 0.2) is 16.1 Å². The van der Waals surface area contributed by atoms with Gasteiger partial charge in [-0.1, -0.05) is 65.0 Å². The Hall–Kier alpha value is -3.21. The second-order valence-corrected chi connectivity index (χ2v) is 9.23. The Morgan fingerprint density at radius 3 is 2.76 bits per heavy atom. The summed E-state index contributed by atoms with van der Waals surface area (Å²) in [6.45, 7) is 0.202. The van der Waals surface area contributed by atoms with Crippen LogP contribution in [0.25, 0.3) is 16.3 Å². The maximum atomic E-state index is 12.3. The molecule has 0 unspecified atom stereocenters. The zero-order chi connectivity index (χ0) is 23.2. The van der Waals surface area contributed by atoms with Gasteiger partial charge in [-0.25, -0.2) is 4.98 Å². The number of nitrogens with zero attached hydrogens (tertiary/aromatic N) is 4. The van der Waals surface area contributed by atoms with Crippen LogP contribution in [0.15, 0.2) is 59.8 Å². The van der Waals surface area contributed by atoms with E-state index in [-0.39, 0.29) is 24.1 Å². The summed E-state index contributed by atoms with van der Waals surface area (Å²) in [6, 6.07) is 15.0. The van der Waals surface area contributed by atoms with Gasteiger partial charge in [0.05, 0.1) is 22.5 Å². The molecule has 0 atom stereocenters. The molecule has 2 N–H and O–H groups in total. The van der Waals surface area contributed by atoms with Gasteiger partial charge in [-0.3, -0.25) is 9.59 Å². The van der Waals surface area contributed by atoms with E-state index in [1.807, 2.05) is 42.5 Å². The van der Waals surface area contributed by atoms with Gasteiger partial charge in [-0.15, -0.1) is 10.2 Å². The van der Waals surface area contributed by atoms with Crippen LogP contribution in [0.5, 0.6) is 0 Å². The first-order valence-corrected chi connectivity index (χ1v) is 12.0. The lowest BCUT2D eigenvalue weighted by Crippen LogP contribution is -2.22. The molecule has 33 heavy (non-hydrogen) atoms. The summed E-state index contributed by atoms with van der Waals surface area (Å²) in [4.78, 5) is 28.8. The molecule has 0 aliphatic heterocycles. The Labute approximate surface area is 203 Å².